The molecule has 43 heavy (non-hydrogen) atoms. The lowest BCUT2D eigenvalue weighted by Crippen LogP contribution is -2.50. The van der Waals surface area contributed by atoms with E-state index in [2.05, 4.69) is 10.0 Å². The molecule has 0 heterocycles. The molecule has 0 aliphatic carbocycles. The molecule has 0 aliphatic rings. The third-order valence-electron chi connectivity index (χ3n) is 7.22. The van der Waals surface area contributed by atoms with Crippen LogP contribution in [0.4, 0.5) is 0 Å². The quantitative estimate of drug-likeness (QED) is 0.204. The number of sulfonamides is 1. The normalized spacial score (nSPS) is 11.9. The Bertz CT molecular complexity index is 1550. The molecule has 0 fully saturated rings. The van der Waals surface area contributed by atoms with Gasteiger partial charge in [-0.2, -0.15) is 0 Å². The number of nitrogens with one attached hydrogen (secondary N) is 2. The van der Waals surface area contributed by atoms with Gasteiger partial charge < -0.3 is 10.2 Å². The molecule has 0 aliphatic heterocycles. The zero-order valence-corrected chi connectivity index (χ0v) is 25.3. The van der Waals surface area contributed by atoms with Crippen LogP contribution in [-0.4, -0.2) is 44.3 Å². The van der Waals surface area contributed by atoms with Crippen LogP contribution in [0.25, 0.3) is 0 Å². The van der Waals surface area contributed by atoms with E-state index in [1.807, 2.05) is 91.0 Å². The fourth-order valence-corrected chi connectivity index (χ4v) is 5.97. The first-order valence-corrected chi connectivity index (χ1v) is 16.1. The van der Waals surface area contributed by atoms with Crippen molar-refractivity contribution in [2.24, 2.45) is 0 Å². The average Bonchev–Trinajstić information content (AvgIpc) is 3.03. The van der Waals surface area contributed by atoms with Crippen molar-refractivity contribution in [3.8, 4) is 0 Å². The van der Waals surface area contributed by atoms with Crippen molar-refractivity contribution in [2.45, 2.75) is 50.1 Å². The molecule has 224 valence electrons. The van der Waals surface area contributed by atoms with Crippen LogP contribution in [0.1, 0.15) is 35.6 Å². The van der Waals surface area contributed by atoms with Crippen LogP contribution in [0.3, 0.4) is 0 Å². The van der Waals surface area contributed by atoms with Crippen LogP contribution in [0.5, 0.6) is 0 Å². The van der Waals surface area contributed by atoms with E-state index in [0.29, 0.717) is 38.9 Å². The largest absolute Gasteiger partial charge is 0.354 e. The van der Waals surface area contributed by atoms with Gasteiger partial charge in [-0.25, -0.2) is 13.1 Å². The predicted octanol–water partition coefficient (Wildman–Crippen LogP) is 4.92. The van der Waals surface area contributed by atoms with E-state index in [-0.39, 0.29) is 23.1 Å². The number of rotatable bonds is 15. The summed E-state index contributed by atoms with van der Waals surface area (Å²) >= 11 is 0. The van der Waals surface area contributed by atoms with Gasteiger partial charge in [0.25, 0.3) is 0 Å². The molecule has 4 rings (SSSR count). The van der Waals surface area contributed by atoms with Gasteiger partial charge >= 0.3 is 0 Å². The summed E-state index contributed by atoms with van der Waals surface area (Å²) in [4.78, 5) is 29.5. The number of benzene rings is 4. The van der Waals surface area contributed by atoms with Crippen LogP contribution in [0, 0.1) is 0 Å². The van der Waals surface area contributed by atoms with E-state index < -0.39 is 16.1 Å². The molecule has 4 aromatic rings. The summed E-state index contributed by atoms with van der Waals surface area (Å²) in [6, 6.07) is 35.3. The Morgan fingerprint density at radius 3 is 1.81 bits per heavy atom. The molecule has 0 spiro atoms. The van der Waals surface area contributed by atoms with Gasteiger partial charge in [-0.3, -0.25) is 9.59 Å². The molecule has 8 heteroatoms. The highest BCUT2D eigenvalue weighted by Crippen LogP contribution is 2.18. The first-order chi connectivity index (χ1) is 20.9. The third kappa shape index (κ3) is 9.63. The summed E-state index contributed by atoms with van der Waals surface area (Å²) in [5.41, 5.74) is 3.87. The van der Waals surface area contributed by atoms with Gasteiger partial charge in [0, 0.05) is 32.5 Å². The highest BCUT2D eigenvalue weighted by atomic mass is 32.2. The van der Waals surface area contributed by atoms with Crippen molar-refractivity contribution >= 4 is 21.8 Å². The highest BCUT2D eigenvalue weighted by molar-refractivity contribution is 7.89. The molecule has 1 atom stereocenters. The number of nitrogens with zero attached hydrogens (tertiary/aromatic N) is 1. The Morgan fingerprint density at radius 1 is 0.698 bits per heavy atom. The number of amides is 2. The summed E-state index contributed by atoms with van der Waals surface area (Å²) in [5.74, 6) is -0.339. The molecule has 0 radical (unpaired) electrons. The molecule has 7 nitrogen and oxygen atoms in total. The van der Waals surface area contributed by atoms with E-state index in [1.165, 1.54) is 0 Å². The van der Waals surface area contributed by atoms with Crippen molar-refractivity contribution in [3.05, 3.63) is 138 Å². The zero-order valence-electron chi connectivity index (χ0n) is 24.5. The van der Waals surface area contributed by atoms with Gasteiger partial charge in [-0.15, -0.1) is 0 Å². The van der Waals surface area contributed by atoms with Crippen molar-refractivity contribution in [1.82, 2.24) is 14.9 Å². The SMILES string of the molecule is CCNS(=O)(=O)c1ccc(CCC(=O)N(Cc2ccccc2)C(Cc2ccccc2)C(=O)NCCc2ccccc2)cc1. The second-order valence-corrected chi connectivity index (χ2v) is 12.2. The summed E-state index contributed by atoms with van der Waals surface area (Å²) in [6.07, 6.45) is 1.67. The molecule has 0 bridgehead atoms. The van der Waals surface area contributed by atoms with Crippen LogP contribution >= 0.6 is 0 Å². The van der Waals surface area contributed by atoms with Crippen molar-refractivity contribution in [1.29, 1.82) is 0 Å². The van der Waals surface area contributed by atoms with Gasteiger partial charge in [0.15, 0.2) is 0 Å². The molecule has 0 saturated carbocycles. The van der Waals surface area contributed by atoms with Crippen LogP contribution in [0.2, 0.25) is 0 Å². The van der Waals surface area contributed by atoms with Gasteiger partial charge in [0.2, 0.25) is 21.8 Å². The molecule has 2 amide bonds. The smallest absolute Gasteiger partial charge is 0.243 e. The molecule has 0 aromatic heterocycles. The lowest BCUT2D eigenvalue weighted by Gasteiger charge is -2.31. The Balaban J connectivity index is 1.54. The minimum absolute atomic E-state index is 0.146. The van der Waals surface area contributed by atoms with Crippen molar-refractivity contribution < 1.29 is 18.0 Å². The second-order valence-electron chi connectivity index (χ2n) is 10.4. The topological polar surface area (TPSA) is 95.6 Å². The van der Waals surface area contributed by atoms with Crippen LogP contribution in [-0.2, 0) is 45.4 Å². The zero-order chi connectivity index (χ0) is 30.5. The lowest BCUT2D eigenvalue weighted by atomic mass is 10.0. The van der Waals surface area contributed by atoms with E-state index >= 15 is 0 Å². The van der Waals surface area contributed by atoms with Gasteiger partial charge in [-0.05, 0) is 47.2 Å². The molecular weight excluding hydrogens is 558 g/mol. The first kappa shape index (κ1) is 31.7. The highest BCUT2D eigenvalue weighted by Gasteiger charge is 2.30. The number of carbonyl (C=O) groups is 2. The van der Waals surface area contributed by atoms with E-state index in [0.717, 1.165) is 22.3 Å². The second kappa shape index (κ2) is 15.8. The fraction of sp³-hybridized carbons (Fsp3) is 0.257. The lowest BCUT2D eigenvalue weighted by molar-refractivity contribution is -0.141. The van der Waals surface area contributed by atoms with Gasteiger partial charge in [0.05, 0.1) is 4.90 Å². The Morgan fingerprint density at radius 2 is 1.23 bits per heavy atom. The van der Waals surface area contributed by atoms with E-state index in [4.69, 9.17) is 0 Å². The van der Waals surface area contributed by atoms with Gasteiger partial charge in [0.1, 0.15) is 6.04 Å². The summed E-state index contributed by atoms with van der Waals surface area (Å²) in [7, 11) is -3.55. The molecule has 2 N–H and O–H groups in total. The number of carbonyl (C=O) groups excluding carboxylic acids is 2. The maximum Gasteiger partial charge on any atom is 0.243 e. The summed E-state index contributed by atoms with van der Waals surface area (Å²) in [6.45, 7) is 2.79. The van der Waals surface area contributed by atoms with Crippen molar-refractivity contribution in [3.63, 3.8) is 0 Å². The van der Waals surface area contributed by atoms with Crippen molar-refractivity contribution in [2.75, 3.05) is 13.1 Å². The molecule has 1 unspecified atom stereocenters. The Kier molecular flexibility index (Phi) is 11.6. The first-order valence-electron chi connectivity index (χ1n) is 14.6. The maximum atomic E-state index is 13.9. The average molecular weight is 598 g/mol. The summed E-state index contributed by atoms with van der Waals surface area (Å²) in [5, 5.41) is 3.08. The number of aryl methyl sites for hydroxylation is 1. The standard InChI is InChI=1S/C35H39N3O4S/c1-2-37-43(41,42)32-21-18-29(19-22-32)20-23-34(39)38(27-31-16-10-5-11-17-31)33(26-30-14-8-4-9-15-30)35(40)36-25-24-28-12-6-3-7-13-28/h3-19,21-22,33,37H,2,20,23-27H2,1H3,(H,36,40). The third-order valence-corrected chi connectivity index (χ3v) is 8.78. The molecule has 0 saturated heterocycles. The fourth-order valence-electron chi connectivity index (χ4n) is 4.93. The van der Waals surface area contributed by atoms with Crippen LogP contribution in [0.15, 0.2) is 120 Å². The number of hydrogen-bond acceptors (Lipinski definition) is 4. The maximum absolute atomic E-state index is 13.9. The molecule has 4 aromatic carbocycles. The minimum atomic E-state index is -3.55. The number of hydrogen-bond donors (Lipinski definition) is 2. The van der Waals surface area contributed by atoms with Gasteiger partial charge in [-0.1, -0.05) is 110 Å². The molecular formula is C35H39N3O4S. The van der Waals surface area contributed by atoms with Crippen LogP contribution < -0.4 is 10.0 Å². The predicted molar refractivity (Wildman–Crippen MR) is 170 cm³/mol. The summed E-state index contributed by atoms with van der Waals surface area (Å²) < 4.78 is 27.1. The Labute approximate surface area is 255 Å². The Hall–Kier alpha value is -4.27. The van der Waals surface area contributed by atoms with E-state index in [9.17, 15) is 18.0 Å². The monoisotopic (exact) mass is 597 g/mol. The minimum Gasteiger partial charge on any atom is -0.354 e. The van der Waals surface area contributed by atoms with E-state index in [1.54, 1.807) is 36.1 Å².